The molecule has 9 heteroatoms. The number of anilines is 1. The Labute approximate surface area is 176 Å². The molecule has 1 amide bonds. The molecule has 0 spiro atoms. The van der Waals surface area contributed by atoms with Gasteiger partial charge in [-0.15, -0.1) is 0 Å². The van der Waals surface area contributed by atoms with E-state index in [9.17, 15) is 4.79 Å². The van der Waals surface area contributed by atoms with Gasteiger partial charge < -0.3 is 34.2 Å². The minimum Gasteiger partial charge on any atom is -0.476 e. The summed E-state index contributed by atoms with van der Waals surface area (Å²) in [4.78, 5) is 18.3. The fourth-order valence-corrected chi connectivity index (χ4v) is 4.17. The van der Waals surface area contributed by atoms with Gasteiger partial charge in [-0.2, -0.15) is 0 Å². The van der Waals surface area contributed by atoms with Crippen LogP contribution in [0.1, 0.15) is 0 Å². The lowest BCUT2D eigenvalue weighted by atomic mass is 10.1. The maximum absolute atomic E-state index is 13.0. The van der Waals surface area contributed by atoms with Crippen LogP contribution in [-0.4, -0.2) is 94.3 Å². The van der Waals surface area contributed by atoms with E-state index in [-0.39, 0.29) is 5.91 Å². The van der Waals surface area contributed by atoms with Gasteiger partial charge in [0.15, 0.2) is 11.2 Å². The van der Waals surface area contributed by atoms with E-state index in [1.165, 1.54) is 4.90 Å². The van der Waals surface area contributed by atoms with E-state index in [0.29, 0.717) is 43.7 Å². The highest BCUT2D eigenvalue weighted by Crippen LogP contribution is 2.33. The maximum atomic E-state index is 13.0. The van der Waals surface area contributed by atoms with Gasteiger partial charge in [0, 0.05) is 13.1 Å². The van der Waals surface area contributed by atoms with Crippen molar-refractivity contribution in [3.63, 3.8) is 0 Å². The first-order valence-corrected chi connectivity index (χ1v) is 10.7. The Morgan fingerprint density at radius 2 is 1.86 bits per heavy atom. The highest BCUT2D eigenvalue weighted by molar-refractivity contribution is 7.80. The molecule has 0 unspecified atom stereocenters. The van der Waals surface area contributed by atoms with Crippen LogP contribution in [0.25, 0.3) is 0 Å². The molecule has 2 N–H and O–H groups in total. The SMILES string of the molecule is O=C([C@H]1CN(C(=S)NCC[NH+]2CCOCC2)c2ccccc2O1)N1CCOCC1. The lowest BCUT2D eigenvalue weighted by Crippen LogP contribution is -3.14. The lowest BCUT2D eigenvalue weighted by Gasteiger charge is -2.38. The minimum atomic E-state index is -0.576. The molecule has 0 bridgehead atoms. The first kappa shape index (κ1) is 20.3. The molecule has 1 atom stereocenters. The quantitative estimate of drug-likeness (QED) is 0.599. The predicted molar refractivity (Wildman–Crippen MR) is 113 cm³/mol. The summed E-state index contributed by atoms with van der Waals surface area (Å²) < 4.78 is 16.8. The van der Waals surface area contributed by atoms with Gasteiger partial charge in [0.05, 0.1) is 51.7 Å². The third kappa shape index (κ3) is 4.98. The Kier molecular flexibility index (Phi) is 6.81. The van der Waals surface area contributed by atoms with Crippen LogP contribution in [0.2, 0.25) is 0 Å². The van der Waals surface area contributed by atoms with Crippen LogP contribution in [-0.2, 0) is 14.3 Å². The van der Waals surface area contributed by atoms with Crippen LogP contribution in [0.3, 0.4) is 0 Å². The number of quaternary nitrogens is 1. The first-order valence-electron chi connectivity index (χ1n) is 10.3. The molecule has 158 valence electrons. The fraction of sp³-hybridized carbons (Fsp3) is 0.600. The topological polar surface area (TPSA) is 67.7 Å². The van der Waals surface area contributed by atoms with Crippen LogP contribution >= 0.6 is 12.2 Å². The van der Waals surface area contributed by atoms with Gasteiger partial charge in [0.25, 0.3) is 5.91 Å². The van der Waals surface area contributed by atoms with Crippen molar-refractivity contribution in [2.75, 3.05) is 77.1 Å². The smallest absolute Gasteiger partial charge is 0.265 e. The monoisotopic (exact) mass is 421 g/mol. The Bertz CT molecular complexity index is 722. The summed E-state index contributed by atoms with van der Waals surface area (Å²) >= 11 is 5.69. The predicted octanol–water partition coefficient (Wildman–Crippen LogP) is -1.10. The number of hydrogen-bond donors (Lipinski definition) is 2. The van der Waals surface area contributed by atoms with E-state index in [1.54, 1.807) is 0 Å². The first-order chi connectivity index (χ1) is 14.2. The van der Waals surface area contributed by atoms with Gasteiger partial charge in [0.1, 0.15) is 18.8 Å². The third-order valence-corrected chi connectivity index (χ3v) is 5.94. The van der Waals surface area contributed by atoms with Crippen molar-refractivity contribution in [3.05, 3.63) is 24.3 Å². The van der Waals surface area contributed by atoms with E-state index < -0.39 is 6.10 Å². The molecule has 3 aliphatic rings. The van der Waals surface area contributed by atoms with E-state index >= 15 is 0 Å². The van der Waals surface area contributed by atoms with Gasteiger partial charge >= 0.3 is 0 Å². The molecule has 8 nitrogen and oxygen atoms in total. The van der Waals surface area contributed by atoms with Crippen molar-refractivity contribution < 1.29 is 23.9 Å². The Morgan fingerprint density at radius 3 is 2.66 bits per heavy atom. The molecule has 1 aromatic rings. The Hall–Kier alpha value is -1.94. The molecule has 0 aromatic heterocycles. The summed E-state index contributed by atoms with van der Waals surface area (Å²) in [5.41, 5.74) is 0.898. The zero-order valence-corrected chi connectivity index (χ0v) is 17.4. The minimum absolute atomic E-state index is 0.00614. The number of benzene rings is 1. The zero-order chi connectivity index (χ0) is 20.1. The summed E-state index contributed by atoms with van der Waals surface area (Å²) in [6.07, 6.45) is -0.576. The standard InChI is InChI=1S/C20H28N4O4S/c25-19(23-9-13-27-14-10-23)18-15-24(16-3-1-2-4-17(16)28-18)20(29)21-5-6-22-7-11-26-12-8-22/h1-4,18H,5-15H2,(H,21,29)/p+1/t18-/m1/s1. The average molecular weight is 422 g/mol. The van der Waals surface area contributed by atoms with Gasteiger partial charge in [-0.3, -0.25) is 4.79 Å². The van der Waals surface area contributed by atoms with Crippen LogP contribution in [0.5, 0.6) is 5.75 Å². The van der Waals surface area contributed by atoms with E-state index in [1.807, 2.05) is 34.1 Å². The summed E-state index contributed by atoms with van der Waals surface area (Å²) in [5, 5.41) is 4.01. The second-order valence-electron chi connectivity index (χ2n) is 7.47. The molecule has 1 aromatic carbocycles. The molecule has 3 heterocycles. The number of para-hydroxylation sites is 2. The molecular weight excluding hydrogens is 392 g/mol. The number of ether oxygens (including phenoxy) is 3. The fourth-order valence-electron chi connectivity index (χ4n) is 3.89. The Morgan fingerprint density at radius 1 is 1.14 bits per heavy atom. The van der Waals surface area contributed by atoms with E-state index in [2.05, 4.69) is 5.32 Å². The highest BCUT2D eigenvalue weighted by atomic mass is 32.1. The highest BCUT2D eigenvalue weighted by Gasteiger charge is 2.35. The van der Waals surface area contributed by atoms with Crippen molar-refractivity contribution in [1.29, 1.82) is 0 Å². The number of nitrogens with one attached hydrogen (secondary N) is 2. The van der Waals surface area contributed by atoms with Crippen molar-refractivity contribution in [3.8, 4) is 5.75 Å². The normalized spacial score (nSPS) is 22.6. The number of hydrogen-bond acceptors (Lipinski definition) is 5. The molecule has 0 aliphatic carbocycles. The summed E-state index contributed by atoms with van der Waals surface area (Å²) in [7, 11) is 0. The average Bonchev–Trinajstić information content (AvgIpc) is 2.79. The van der Waals surface area contributed by atoms with E-state index in [0.717, 1.165) is 45.1 Å². The number of fused-ring (bicyclic) bond motifs is 1. The van der Waals surface area contributed by atoms with Crippen LogP contribution < -0.4 is 19.9 Å². The summed E-state index contributed by atoms with van der Waals surface area (Å²) in [5.74, 6) is 0.682. The van der Waals surface area contributed by atoms with Crippen molar-refractivity contribution in [1.82, 2.24) is 10.2 Å². The molecule has 4 rings (SSSR count). The van der Waals surface area contributed by atoms with Gasteiger partial charge in [-0.05, 0) is 24.4 Å². The second kappa shape index (κ2) is 9.71. The van der Waals surface area contributed by atoms with Crippen LogP contribution in [0.4, 0.5) is 5.69 Å². The van der Waals surface area contributed by atoms with Crippen molar-refractivity contribution in [2.24, 2.45) is 0 Å². The lowest BCUT2D eigenvalue weighted by molar-refractivity contribution is -0.906. The second-order valence-corrected chi connectivity index (χ2v) is 7.85. The molecule has 29 heavy (non-hydrogen) atoms. The summed E-state index contributed by atoms with van der Waals surface area (Å²) in [6.45, 7) is 8.24. The number of carbonyl (C=O) groups excluding carboxylic acids is 1. The Balaban J connectivity index is 1.40. The summed E-state index contributed by atoms with van der Waals surface area (Å²) in [6, 6.07) is 7.74. The van der Waals surface area contributed by atoms with Crippen LogP contribution in [0, 0.1) is 0 Å². The molecule has 3 aliphatic heterocycles. The molecule has 0 saturated carbocycles. The van der Waals surface area contributed by atoms with E-state index in [4.69, 9.17) is 26.4 Å². The number of carbonyl (C=O) groups is 1. The van der Waals surface area contributed by atoms with Crippen molar-refractivity contribution >= 4 is 28.9 Å². The third-order valence-electron chi connectivity index (χ3n) is 5.57. The molecule has 2 fully saturated rings. The zero-order valence-electron chi connectivity index (χ0n) is 16.6. The van der Waals surface area contributed by atoms with Crippen molar-refractivity contribution in [2.45, 2.75) is 6.10 Å². The number of amides is 1. The van der Waals surface area contributed by atoms with Crippen LogP contribution in [0.15, 0.2) is 24.3 Å². The largest absolute Gasteiger partial charge is 0.476 e. The number of nitrogens with zero attached hydrogens (tertiary/aromatic N) is 2. The maximum Gasteiger partial charge on any atom is 0.265 e. The van der Waals surface area contributed by atoms with Gasteiger partial charge in [-0.1, -0.05) is 12.1 Å². The number of morpholine rings is 2. The van der Waals surface area contributed by atoms with Gasteiger partial charge in [0.2, 0.25) is 0 Å². The molecular formula is C20H29N4O4S+. The number of rotatable bonds is 4. The number of thiocarbonyl (C=S) groups is 1. The molecule has 0 radical (unpaired) electrons. The molecule has 2 saturated heterocycles. The van der Waals surface area contributed by atoms with Gasteiger partial charge in [-0.25, -0.2) is 0 Å².